The van der Waals surface area contributed by atoms with Gasteiger partial charge in [-0.15, -0.1) is 0 Å². The zero-order valence-corrected chi connectivity index (χ0v) is 11.2. The molecule has 0 spiro atoms. The predicted molar refractivity (Wildman–Crippen MR) is 75.7 cm³/mol. The molecule has 0 saturated heterocycles. The molecule has 1 N–H and O–H groups in total. The molecular formula is C16H21NO2. The van der Waals surface area contributed by atoms with E-state index in [1.807, 2.05) is 30.3 Å². The summed E-state index contributed by atoms with van der Waals surface area (Å²) in [5.74, 6) is 0.614. The number of hydrogen-bond donors (Lipinski definition) is 1. The summed E-state index contributed by atoms with van der Waals surface area (Å²) in [6.07, 6.45) is 8.86. The molecule has 1 atom stereocenters. The maximum Gasteiger partial charge on any atom is 0.407 e. The Hall–Kier alpha value is -1.77. The van der Waals surface area contributed by atoms with Gasteiger partial charge in [-0.1, -0.05) is 42.5 Å². The minimum absolute atomic E-state index is 0.329. The van der Waals surface area contributed by atoms with Crippen molar-refractivity contribution in [1.82, 2.24) is 5.32 Å². The second-order valence-corrected chi connectivity index (χ2v) is 4.90. The first kappa shape index (κ1) is 13.7. The van der Waals surface area contributed by atoms with E-state index in [-0.39, 0.29) is 6.09 Å². The molecule has 0 heterocycles. The van der Waals surface area contributed by atoms with Gasteiger partial charge in [0.25, 0.3) is 0 Å². The van der Waals surface area contributed by atoms with Crippen LogP contribution in [0, 0.1) is 5.92 Å². The first-order valence-corrected chi connectivity index (χ1v) is 6.96. The third kappa shape index (κ3) is 5.16. The predicted octanol–water partition coefficient (Wildman–Crippen LogP) is 3.66. The van der Waals surface area contributed by atoms with Gasteiger partial charge in [-0.25, -0.2) is 4.79 Å². The molecule has 0 bridgehead atoms. The van der Waals surface area contributed by atoms with Crippen molar-refractivity contribution in [3.63, 3.8) is 0 Å². The minimum atomic E-state index is -0.330. The summed E-state index contributed by atoms with van der Waals surface area (Å²) in [5.41, 5.74) is 1.01. The van der Waals surface area contributed by atoms with Crippen LogP contribution in [0.1, 0.15) is 31.2 Å². The Balaban J connectivity index is 1.59. The number of carbonyl (C=O) groups excluding carboxylic acids is 1. The lowest BCUT2D eigenvalue weighted by atomic mass is 9.93. The third-order valence-electron chi connectivity index (χ3n) is 3.35. The Kier molecular flexibility index (Phi) is 5.48. The molecule has 3 heteroatoms. The van der Waals surface area contributed by atoms with E-state index in [9.17, 15) is 4.79 Å². The van der Waals surface area contributed by atoms with Crippen molar-refractivity contribution < 1.29 is 9.53 Å². The molecule has 1 aromatic carbocycles. The summed E-state index contributed by atoms with van der Waals surface area (Å²) >= 11 is 0. The number of carbonyl (C=O) groups is 1. The summed E-state index contributed by atoms with van der Waals surface area (Å²) in [6, 6.07) is 9.71. The Bertz CT molecular complexity index is 414. The van der Waals surface area contributed by atoms with Crippen LogP contribution in [0.3, 0.4) is 0 Å². The summed E-state index contributed by atoms with van der Waals surface area (Å²) in [6.45, 7) is 1.01. The molecule has 0 saturated carbocycles. The summed E-state index contributed by atoms with van der Waals surface area (Å²) in [7, 11) is 0. The Morgan fingerprint density at radius 1 is 1.32 bits per heavy atom. The van der Waals surface area contributed by atoms with Crippen LogP contribution < -0.4 is 5.32 Å². The number of ether oxygens (including phenoxy) is 1. The molecule has 0 aliphatic heterocycles. The topological polar surface area (TPSA) is 38.3 Å². The van der Waals surface area contributed by atoms with Gasteiger partial charge in [0.05, 0.1) is 0 Å². The van der Waals surface area contributed by atoms with Gasteiger partial charge in [-0.3, -0.25) is 0 Å². The first-order chi connectivity index (χ1) is 9.34. The standard InChI is InChI=1S/C16H21NO2/c18-16(19-13-15-9-5-2-6-10-15)17-12-11-14-7-3-1-4-8-14/h2-3,5-7,9-10,14H,1,4,8,11-13H2,(H,17,18). The van der Waals surface area contributed by atoms with Gasteiger partial charge in [0.15, 0.2) is 0 Å². The molecule has 1 unspecified atom stereocenters. The molecule has 1 aliphatic carbocycles. The van der Waals surface area contributed by atoms with Crippen LogP contribution in [-0.2, 0) is 11.3 Å². The number of hydrogen-bond acceptors (Lipinski definition) is 2. The lowest BCUT2D eigenvalue weighted by Gasteiger charge is -2.16. The van der Waals surface area contributed by atoms with E-state index < -0.39 is 0 Å². The number of alkyl carbamates (subject to hydrolysis) is 1. The number of benzene rings is 1. The van der Waals surface area contributed by atoms with Gasteiger partial charge in [-0.2, -0.15) is 0 Å². The largest absolute Gasteiger partial charge is 0.445 e. The van der Waals surface area contributed by atoms with Crippen LogP contribution in [0.5, 0.6) is 0 Å². The van der Waals surface area contributed by atoms with Gasteiger partial charge in [0, 0.05) is 6.54 Å². The van der Waals surface area contributed by atoms with Crippen molar-refractivity contribution in [1.29, 1.82) is 0 Å². The quantitative estimate of drug-likeness (QED) is 0.819. The monoisotopic (exact) mass is 259 g/mol. The van der Waals surface area contributed by atoms with Gasteiger partial charge in [-0.05, 0) is 37.2 Å². The third-order valence-corrected chi connectivity index (χ3v) is 3.35. The molecular weight excluding hydrogens is 238 g/mol. The zero-order valence-electron chi connectivity index (χ0n) is 11.2. The maximum absolute atomic E-state index is 11.5. The summed E-state index contributed by atoms with van der Waals surface area (Å²) in [4.78, 5) is 11.5. The molecule has 3 nitrogen and oxygen atoms in total. The van der Waals surface area contributed by atoms with E-state index in [1.54, 1.807) is 0 Å². The highest BCUT2D eigenvalue weighted by atomic mass is 16.5. The molecule has 1 amide bonds. The highest BCUT2D eigenvalue weighted by Crippen LogP contribution is 2.19. The number of nitrogens with one attached hydrogen (secondary N) is 1. The van der Waals surface area contributed by atoms with E-state index in [2.05, 4.69) is 17.5 Å². The average Bonchev–Trinajstić information content (AvgIpc) is 2.47. The fourth-order valence-electron chi connectivity index (χ4n) is 2.26. The van der Waals surface area contributed by atoms with Crippen LogP contribution >= 0.6 is 0 Å². The van der Waals surface area contributed by atoms with Gasteiger partial charge in [0.2, 0.25) is 0 Å². The molecule has 102 valence electrons. The van der Waals surface area contributed by atoms with Crippen molar-refractivity contribution >= 4 is 6.09 Å². The average molecular weight is 259 g/mol. The molecule has 1 aromatic rings. The number of rotatable bonds is 5. The van der Waals surface area contributed by atoms with Crippen LogP contribution in [-0.4, -0.2) is 12.6 Å². The molecule has 0 radical (unpaired) electrons. The van der Waals surface area contributed by atoms with Crippen molar-refractivity contribution in [2.24, 2.45) is 5.92 Å². The van der Waals surface area contributed by atoms with Crippen molar-refractivity contribution in [3.8, 4) is 0 Å². The van der Waals surface area contributed by atoms with E-state index in [0.717, 1.165) is 12.0 Å². The van der Waals surface area contributed by atoms with Crippen LogP contribution in [0.2, 0.25) is 0 Å². The van der Waals surface area contributed by atoms with Crippen LogP contribution in [0.4, 0.5) is 4.79 Å². The van der Waals surface area contributed by atoms with Gasteiger partial charge >= 0.3 is 6.09 Å². The first-order valence-electron chi connectivity index (χ1n) is 6.96. The number of allylic oxidation sites excluding steroid dienone is 2. The Morgan fingerprint density at radius 3 is 2.89 bits per heavy atom. The Labute approximate surface area is 114 Å². The van der Waals surface area contributed by atoms with E-state index in [1.165, 1.54) is 19.3 Å². The van der Waals surface area contributed by atoms with Crippen molar-refractivity contribution in [2.45, 2.75) is 32.3 Å². The highest BCUT2D eigenvalue weighted by Gasteiger charge is 2.09. The summed E-state index contributed by atoms with van der Waals surface area (Å²) in [5, 5.41) is 2.81. The molecule has 1 aliphatic rings. The summed E-state index contributed by atoms with van der Waals surface area (Å²) < 4.78 is 5.15. The zero-order chi connectivity index (χ0) is 13.3. The SMILES string of the molecule is O=C(NCCC1C=CCCC1)OCc1ccccc1. The van der Waals surface area contributed by atoms with Crippen molar-refractivity contribution in [2.75, 3.05) is 6.54 Å². The van der Waals surface area contributed by atoms with Crippen LogP contribution in [0.15, 0.2) is 42.5 Å². The highest BCUT2D eigenvalue weighted by molar-refractivity contribution is 5.67. The second kappa shape index (κ2) is 7.62. The lowest BCUT2D eigenvalue weighted by molar-refractivity contribution is 0.139. The molecule has 0 fully saturated rings. The number of amides is 1. The van der Waals surface area contributed by atoms with E-state index in [0.29, 0.717) is 19.1 Å². The van der Waals surface area contributed by atoms with E-state index in [4.69, 9.17) is 4.74 Å². The smallest absolute Gasteiger partial charge is 0.407 e. The van der Waals surface area contributed by atoms with Crippen LogP contribution in [0.25, 0.3) is 0 Å². The second-order valence-electron chi connectivity index (χ2n) is 4.90. The van der Waals surface area contributed by atoms with E-state index >= 15 is 0 Å². The van der Waals surface area contributed by atoms with Gasteiger partial charge < -0.3 is 10.1 Å². The van der Waals surface area contributed by atoms with Gasteiger partial charge in [0.1, 0.15) is 6.61 Å². The Morgan fingerprint density at radius 2 is 2.16 bits per heavy atom. The van der Waals surface area contributed by atoms with Crippen molar-refractivity contribution in [3.05, 3.63) is 48.0 Å². The molecule has 2 rings (SSSR count). The molecule has 0 aromatic heterocycles. The lowest BCUT2D eigenvalue weighted by Crippen LogP contribution is -2.26. The maximum atomic E-state index is 11.5. The fourth-order valence-corrected chi connectivity index (χ4v) is 2.26. The minimum Gasteiger partial charge on any atom is -0.445 e. The fraction of sp³-hybridized carbons (Fsp3) is 0.438. The molecule has 19 heavy (non-hydrogen) atoms. The normalized spacial score (nSPS) is 18.0.